The summed E-state index contributed by atoms with van der Waals surface area (Å²) in [6, 6.07) is 5.88. The second-order valence-electron chi connectivity index (χ2n) is 3.23. The topological polar surface area (TPSA) is 56.0 Å². The van der Waals surface area contributed by atoms with Crippen LogP contribution in [0.5, 0.6) is 0 Å². The number of amides is 1. The molecule has 0 aliphatic carbocycles. The van der Waals surface area contributed by atoms with Gasteiger partial charge in [-0.1, -0.05) is 17.8 Å². The molecule has 1 amide bonds. The van der Waals surface area contributed by atoms with Gasteiger partial charge in [0.15, 0.2) is 4.34 Å². The molecule has 0 aliphatic heterocycles. The monoisotopic (exact) mass is 316 g/mol. The van der Waals surface area contributed by atoms with E-state index in [1.165, 1.54) is 11.8 Å². The number of primary amides is 1. The van der Waals surface area contributed by atoms with Gasteiger partial charge in [0.05, 0.1) is 15.5 Å². The third-order valence-corrected chi connectivity index (χ3v) is 5.27. The van der Waals surface area contributed by atoms with Gasteiger partial charge in [-0.15, -0.1) is 11.3 Å². The summed E-state index contributed by atoms with van der Waals surface area (Å²) in [7, 11) is 0. The number of thiazole rings is 1. The molecule has 1 unspecified atom stereocenters. The van der Waals surface area contributed by atoms with Crippen LogP contribution >= 0.6 is 39.0 Å². The maximum absolute atomic E-state index is 11.0. The van der Waals surface area contributed by atoms with Gasteiger partial charge >= 0.3 is 0 Å². The van der Waals surface area contributed by atoms with E-state index in [-0.39, 0.29) is 11.2 Å². The summed E-state index contributed by atoms with van der Waals surface area (Å²) in [6.07, 6.45) is 0. The van der Waals surface area contributed by atoms with E-state index < -0.39 is 0 Å². The van der Waals surface area contributed by atoms with E-state index in [1.54, 1.807) is 18.3 Å². The Morgan fingerprint density at radius 2 is 2.38 bits per heavy atom. The molecule has 2 rings (SSSR count). The quantitative estimate of drug-likeness (QED) is 0.885. The Labute approximate surface area is 110 Å². The van der Waals surface area contributed by atoms with E-state index in [4.69, 9.17) is 5.73 Å². The van der Waals surface area contributed by atoms with E-state index >= 15 is 0 Å². The predicted octanol–water partition coefficient (Wildman–Crippen LogP) is 3.02. The molecule has 0 saturated carbocycles. The van der Waals surface area contributed by atoms with E-state index in [9.17, 15) is 4.79 Å². The van der Waals surface area contributed by atoms with Gasteiger partial charge in [-0.3, -0.25) is 4.79 Å². The lowest BCUT2D eigenvalue weighted by Gasteiger charge is -2.01. The van der Waals surface area contributed by atoms with E-state index in [1.807, 2.05) is 18.2 Å². The Morgan fingerprint density at radius 1 is 1.62 bits per heavy atom. The van der Waals surface area contributed by atoms with Gasteiger partial charge in [-0.25, -0.2) is 4.98 Å². The van der Waals surface area contributed by atoms with Crippen LogP contribution in [0.4, 0.5) is 0 Å². The number of carbonyl (C=O) groups is 1. The van der Waals surface area contributed by atoms with Gasteiger partial charge in [0.2, 0.25) is 5.91 Å². The molecular formula is C10H9BrN2OS2. The molecule has 84 valence electrons. The second-order valence-corrected chi connectivity index (χ2v) is 6.67. The molecule has 0 radical (unpaired) electrons. The Balaban J connectivity index is 2.33. The van der Waals surface area contributed by atoms with E-state index in [2.05, 4.69) is 20.9 Å². The highest BCUT2D eigenvalue weighted by molar-refractivity contribution is 9.10. The predicted molar refractivity (Wildman–Crippen MR) is 71.8 cm³/mol. The fourth-order valence-corrected chi connectivity index (χ4v) is 3.90. The number of hydrogen-bond acceptors (Lipinski definition) is 4. The first kappa shape index (κ1) is 11.9. The fraction of sp³-hybridized carbons (Fsp3) is 0.200. The Kier molecular flexibility index (Phi) is 3.51. The highest BCUT2D eigenvalue weighted by atomic mass is 79.9. The van der Waals surface area contributed by atoms with Crippen LogP contribution in [0, 0.1) is 0 Å². The minimum atomic E-state index is -0.316. The number of rotatable bonds is 3. The van der Waals surface area contributed by atoms with Gasteiger partial charge in [0.25, 0.3) is 0 Å². The largest absolute Gasteiger partial charge is 0.369 e. The fourth-order valence-electron chi connectivity index (χ4n) is 1.15. The Hall–Kier alpha value is -0.590. The summed E-state index contributed by atoms with van der Waals surface area (Å²) in [5.41, 5.74) is 6.16. The zero-order valence-corrected chi connectivity index (χ0v) is 11.7. The van der Waals surface area contributed by atoms with Gasteiger partial charge in [0, 0.05) is 4.47 Å². The molecule has 1 heterocycles. The summed E-state index contributed by atoms with van der Waals surface area (Å²) in [5.74, 6) is -0.316. The normalized spacial score (nSPS) is 12.9. The van der Waals surface area contributed by atoms with E-state index in [0.717, 1.165) is 19.0 Å². The van der Waals surface area contributed by atoms with Crippen molar-refractivity contribution in [3.05, 3.63) is 22.7 Å². The van der Waals surface area contributed by atoms with Crippen LogP contribution in [-0.2, 0) is 4.79 Å². The number of nitrogens with zero attached hydrogens (tertiary/aromatic N) is 1. The Bertz CT molecular complexity index is 541. The molecule has 0 fully saturated rings. The summed E-state index contributed by atoms with van der Waals surface area (Å²) in [4.78, 5) is 15.4. The van der Waals surface area contributed by atoms with Crippen LogP contribution < -0.4 is 5.73 Å². The SMILES string of the molecule is CC(Sc1nc2cccc(Br)c2s1)C(N)=O. The standard InChI is InChI=1S/C10H9BrN2OS2/c1-5(9(12)14)15-10-13-7-4-2-3-6(11)8(7)16-10/h2-5H,1H3,(H2,12,14). The van der Waals surface area contributed by atoms with Crippen molar-refractivity contribution in [2.24, 2.45) is 5.73 Å². The molecule has 1 atom stereocenters. The molecule has 1 aromatic heterocycles. The molecule has 0 saturated heterocycles. The first-order chi connectivity index (χ1) is 7.58. The van der Waals surface area contributed by atoms with Gasteiger partial charge < -0.3 is 5.73 Å². The summed E-state index contributed by atoms with van der Waals surface area (Å²) in [6.45, 7) is 1.79. The van der Waals surface area contributed by atoms with Gasteiger partial charge in [-0.05, 0) is 35.0 Å². The molecule has 2 aromatic rings. The maximum Gasteiger partial charge on any atom is 0.230 e. The molecule has 2 N–H and O–H groups in total. The van der Waals surface area contributed by atoms with Crippen molar-refractivity contribution in [1.82, 2.24) is 4.98 Å². The lowest BCUT2D eigenvalue weighted by molar-refractivity contribution is -0.117. The molecule has 0 aliphatic rings. The number of benzene rings is 1. The summed E-state index contributed by atoms with van der Waals surface area (Å²) < 4.78 is 3.00. The third kappa shape index (κ3) is 2.39. The highest BCUT2D eigenvalue weighted by Crippen LogP contribution is 2.35. The molecular weight excluding hydrogens is 308 g/mol. The molecule has 3 nitrogen and oxygen atoms in total. The molecule has 6 heteroatoms. The van der Waals surface area contributed by atoms with Crippen LogP contribution in [-0.4, -0.2) is 16.1 Å². The van der Waals surface area contributed by atoms with Crippen LogP contribution in [0.15, 0.2) is 27.0 Å². The zero-order chi connectivity index (χ0) is 11.7. The highest BCUT2D eigenvalue weighted by Gasteiger charge is 2.14. The van der Waals surface area contributed by atoms with Gasteiger partial charge in [-0.2, -0.15) is 0 Å². The molecule has 0 bridgehead atoms. The van der Waals surface area contributed by atoms with Crippen LogP contribution in [0.1, 0.15) is 6.92 Å². The van der Waals surface area contributed by atoms with Crippen molar-refractivity contribution in [3.63, 3.8) is 0 Å². The maximum atomic E-state index is 11.0. The van der Waals surface area contributed by atoms with Crippen LogP contribution in [0.25, 0.3) is 10.2 Å². The minimum Gasteiger partial charge on any atom is -0.369 e. The smallest absolute Gasteiger partial charge is 0.230 e. The summed E-state index contributed by atoms with van der Waals surface area (Å²) >= 11 is 6.44. The summed E-state index contributed by atoms with van der Waals surface area (Å²) in [5, 5.41) is -0.251. The van der Waals surface area contributed by atoms with Crippen molar-refractivity contribution in [3.8, 4) is 0 Å². The first-order valence-electron chi connectivity index (χ1n) is 4.59. The van der Waals surface area contributed by atoms with Crippen LogP contribution in [0.2, 0.25) is 0 Å². The number of nitrogens with two attached hydrogens (primary N) is 1. The zero-order valence-electron chi connectivity index (χ0n) is 8.44. The van der Waals surface area contributed by atoms with Crippen molar-refractivity contribution in [2.75, 3.05) is 0 Å². The number of carbonyl (C=O) groups excluding carboxylic acids is 1. The second kappa shape index (κ2) is 4.73. The number of halogens is 1. The average molecular weight is 317 g/mol. The van der Waals surface area contributed by atoms with Crippen molar-refractivity contribution < 1.29 is 4.79 Å². The lowest BCUT2D eigenvalue weighted by atomic mass is 10.3. The lowest BCUT2D eigenvalue weighted by Crippen LogP contribution is -2.22. The minimum absolute atomic E-state index is 0.251. The van der Waals surface area contributed by atoms with Crippen molar-refractivity contribution >= 4 is 55.2 Å². The number of thioether (sulfide) groups is 1. The van der Waals surface area contributed by atoms with Crippen molar-refractivity contribution in [1.29, 1.82) is 0 Å². The van der Waals surface area contributed by atoms with Crippen molar-refractivity contribution in [2.45, 2.75) is 16.5 Å². The first-order valence-corrected chi connectivity index (χ1v) is 7.08. The number of hydrogen-bond donors (Lipinski definition) is 1. The number of aromatic nitrogens is 1. The van der Waals surface area contributed by atoms with Gasteiger partial charge in [0.1, 0.15) is 0 Å². The van der Waals surface area contributed by atoms with E-state index in [0.29, 0.717) is 0 Å². The third-order valence-electron chi connectivity index (χ3n) is 2.03. The molecule has 0 spiro atoms. The number of fused-ring (bicyclic) bond motifs is 1. The Morgan fingerprint density at radius 3 is 3.00 bits per heavy atom. The molecule has 1 aromatic carbocycles. The van der Waals surface area contributed by atoms with Crippen LogP contribution in [0.3, 0.4) is 0 Å². The average Bonchev–Trinajstić information content (AvgIpc) is 2.61. The molecule has 16 heavy (non-hydrogen) atoms.